The number of para-hydroxylation sites is 1. The highest BCUT2D eigenvalue weighted by Crippen LogP contribution is 2.20. The molecule has 0 unspecified atom stereocenters. The van der Waals surface area contributed by atoms with Gasteiger partial charge in [-0.2, -0.15) is 0 Å². The van der Waals surface area contributed by atoms with Gasteiger partial charge in [-0.1, -0.05) is 12.1 Å². The molecule has 2 aromatic heterocycles. The van der Waals surface area contributed by atoms with Crippen molar-refractivity contribution in [1.29, 1.82) is 0 Å². The lowest BCUT2D eigenvalue weighted by Crippen LogP contribution is -2.05. The van der Waals surface area contributed by atoms with Crippen molar-refractivity contribution < 1.29 is 4.74 Å². The van der Waals surface area contributed by atoms with Crippen molar-refractivity contribution in [3.8, 4) is 5.75 Å². The minimum atomic E-state index is 0.411. The summed E-state index contributed by atoms with van der Waals surface area (Å²) < 4.78 is 8.85. The molecule has 3 aromatic rings. The van der Waals surface area contributed by atoms with E-state index in [4.69, 9.17) is 10.5 Å². The average Bonchev–Trinajstić information content (AvgIpc) is 2.90. The van der Waals surface area contributed by atoms with Crippen LogP contribution >= 0.6 is 22.6 Å². The second-order valence-electron chi connectivity index (χ2n) is 4.50. The Balaban J connectivity index is 1.60. The van der Waals surface area contributed by atoms with E-state index in [1.54, 1.807) is 6.33 Å². The molecule has 0 saturated carbocycles. The van der Waals surface area contributed by atoms with E-state index in [9.17, 15) is 0 Å². The third kappa shape index (κ3) is 3.07. The van der Waals surface area contributed by atoms with Gasteiger partial charge in [-0.3, -0.25) is 0 Å². The predicted octanol–water partition coefficient (Wildman–Crippen LogP) is 2.48. The van der Waals surface area contributed by atoms with Crippen LogP contribution in [0.2, 0.25) is 0 Å². The number of hydrogen-bond donors (Lipinski definition) is 1. The van der Waals surface area contributed by atoms with Crippen molar-refractivity contribution in [3.05, 3.63) is 40.5 Å². The van der Waals surface area contributed by atoms with Gasteiger partial charge in [0, 0.05) is 6.54 Å². The molecular weight excluding hydrogens is 381 g/mol. The molecule has 0 aliphatic carbocycles. The van der Waals surface area contributed by atoms with Gasteiger partial charge in [0.1, 0.15) is 17.6 Å². The molecule has 1 aromatic carbocycles. The highest BCUT2D eigenvalue weighted by atomic mass is 127. The lowest BCUT2D eigenvalue weighted by molar-refractivity contribution is 0.300. The molecule has 0 aliphatic heterocycles. The van der Waals surface area contributed by atoms with Crippen LogP contribution in [0.3, 0.4) is 0 Å². The number of aryl methyl sites for hydroxylation is 1. The Hall–Kier alpha value is -1.90. The summed E-state index contributed by atoms with van der Waals surface area (Å²) in [5, 5.41) is 0. The molecular formula is C14H14IN5O. The number of hydrogen-bond acceptors (Lipinski definition) is 5. The third-order valence-electron chi connectivity index (χ3n) is 3.07. The summed E-state index contributed by atoms with van der Waals surface area (Å²) in [4.78, 5) is 12.4. The van der Waals surface area contributed by atoms with Crippen molar-refractivity contribution in [1.82, 2.24) is 19.5 Å². The molecule has 0 saturated heterocycles. The maximum absolute atomic E-state index is 5.77. The van der Waals surface area contributed by atoms with Gasteiger partial charge in [-0.05, 0) is 41.1 Å². The summed E-state index contributed by atoms with van der Waals surface area (Å²) >= 11 is 2.27. The Morgan fingerprint density at radius 3 is 2.90 bits per heavy atom. The number of imidazole rings is 1. The van der Waals surface area contributed by atoms with Crippen molar-refractivity contribution in [2.24, 2.45) is 0 Å². The lowest BCUT2D eigenvalue weighted by Gasteiger charge is -2.08. The van der Waals surface area contributed by atoms with Crippen molar-refractivity contribution in [2.45, 2.75) is 13.0 Å². The topological polar surface area (TPSA) is 78.9 Å². The number of aromatic nitrogens is 4. The van der Waals surface area contributed by atoms with E-state index < -0.39 is 0 Å². The fraction of sp³-hybridized carbons (Fsp3) is 0.214. The molecule has 2 heterocycles. The molecule has 6 nitrogen and oxygen atoms in total. The van der Waals surface area contributed by atoms with Crippen LogP contribution in [-0.2, 0) is 6.54 Å². The van der Waals surface area contributed by atoms with Crippen LogP contribution in [0.5, 0.6) is 5.75 Å². The number of nitrogens with two attached hydrogens (primary N) is 1. The molecule has 0 bridgehead atoms. The van der Waals surface area contributed by atoms with Crippen LogP contribution in [0.4, 0.5) is 5.82 Å². The van der Waals surface area contributed by atoms with Gasteiger partial charge in [0.2, 0.25) is 0 Å². The van der Waals surface area contributed by atoms with Crippen molar-refractivity contribution in [3.63, 3.8) is 0 Å². The smallest absolute Gasteiger partial charge is 0.165 e. The van der Waals surface area contributed by atoms with Crippen LogP contribution in [0.15, 0.2) is 36.9 Å². The van der Waals surface area contributed by atoms with Gasteiger partial charge in [0.05, 0.1) is 16.5 Å². The fourth-order valence-corrected chi connectivity index (χ4v) is 2.58. The molecule has 0 radical (unpaired) electrons. The maximum atomic E-state index is 5.77. The quantitative estimate of drug-likeness (QED) is 0.531. The largest absolute Gasteiger partial charge is 0.492 e. The molecule has 2 N–H and O–H groups in total. The first-order valence-corrected chi connectivity index (χ1v) is 7.62. The number of benzene rings is 1. The first-order valence-electron chi connectivity index (χ1n) is 6.54. The Labute approximate surface area is 135 Å². The summed E-state index contributed by atoms with van der Waals surface area (Å²) in [6, 6.07) is 7.97. The minimum Gasteiger partial charge on any atom is -0.492 e. The van der Waals surface area contributed by atoms with E-state index in [1.165, 1.54) is 6.33 Å². The normalized spacial score (nSPS) is 10.9. The number of fused-ring (bicyclic) bond motifs is 1. The van der Waals surface area contributed by atoms with Crippen LogP contribution in [0.25, 0.3) is 11.2 Å². The van der Waals surface area contributed by atoms with Crippen molar-refractivity contribution >= 4 is 39.6 Å². The highest BCUT2D eigenvalue weighted by Gasteiger charge is 2.07. The monoisotopic (exact) mass is 395 g/mol. The van der Waals surface area contributed by atoms with Crippen LogP contribution < -0.4 is 10.5 Å². The van der Waals surface area contributed by atoms with Crippen LogP contribution in [0, 0.1) is 3.57 Å². The number of ether oxygens (including phenoxy) is 1. The highest BCUT2D eigenvalue weighted by molar-refractivity contribution is 14.1. The lowest BCUT2D eigenvalue weighted by atomic mass is 10.3. The van der Waals surface area contributed by atoms with E-state index >= 15 is 0 Å². The van der Waals surface area contributed by atoms with Gasteiger partial charge in [0.15, 0.2) is 11.5 Å². The van der Waals surface area contributed by atoms with Gasteiger partial charge in [-0.25, -0.2) is 15.0 Å². The number of nitrogen functional groups attached to an aromatic ring is 1. The summed E-state index contributed by atoms with van der Waals surface area (Å²) in [6.45, 7) is 1.41. The fourth-order valence-electron chi connectivity index (χ4n) is 2.04. The molecule has 3 rings (SSSR count). The van der Waals surface area contributed by atoms with Crippen LogP contribution in [0.1, 0.15) is 6.42 Å². The van der Waals surface area contributed by atoms with Gasteiger partial charge in [-0.15, -0.1) is 0 Å². The predicted molar refractivity (Wildman–Crippen MR) is 89.0 cm³/mol. The molecule has 0 spiro atoms. The first kappa shape index (κ1) is 14.1. The van der Waals surface area contributed by atoms with E-state index in [1.807, 2.05) is 28.8 Å². The molecule has 0 aliphatic rings. The summed E-state index contributed by atoms with van der Waals surface area (Å²) in [6.07, 6.45) is 4.06. The molecule has 7 heteroatoms. The van der Waals surface area contributed by atoms with E-state index in [-0.39, 0.29) is 0 Å². The molecule has 21 heavy (non-hydrogen) atoms. The molecule has 0 fully saturated rings. The zero-order valence-electron chi connectivity index (χ0n) is 11.2. The number of anilines is 1. The SMILES string of the molecule is Nc1ncnc2c1ncn2CCCOc1ccccc1I. The minimum absolute atomic E-state index is 0.411. The zero-order valence-corrected chi connectivity index (χ0v) is 13.4. The zero-order chi connectivity index (χ0) is 14.7. The Morgan fingerprint density at radius 1 is 1.19 bits per heavy atom. The Morgan fingerprint density at radius 2 is 2.05 bits per heavy atom. The van der Waals surface area contributed by atoms with E-state index in [0.717, 1.165) is 27.9 Å². The summed E-state index contributed by atoms with van der Waals surface area (Å²) in [5.74, 6) is 1.33. The van der Waals surface area contributed by atoms with Gasteiger partial charge >= 0.3 is 0 Å². The summed E-state index contributed by atoms with van der Waals surface area (Å²) in [5.41, 5.74) is 7.17. The van der Waals surface area contributed by atoms with Crippen molar-refractivity contribution in [2.75, 3.05) is 12.3 Å². The molecule has 108 valence electrons. The standard InChI is InChI=1S/C14H14IN5O/c15-10-4-1-2-5-11(10)21-7-3-6-20-9-19-12-13(16)17-8-18-14(12)20/h1-2,4-5,8-9H,3,6-7H2,(H2,16,17,18). The number of halogens is 1. The Kier molecular flexibility index (Phi) is 4.18. The van der Waals surface area contributed by atoms with Gasteiger partial charge in [0.25, 0.3) is 0 Å². The third-order valence-corrected chi connectivity index (χ3v) is 3.96. The van der Waals surface area contributed by atoms with Crippen LogP contribution in [-0.4, -0.2) is 26.1 Å². The van der Waals surface area contributed by atoms with Gasteiger partial charge < -0.3 is 15.0 Å². The molecule has 0 amide bonds. The Bertz CT molecular complexity index is 758. The molecule has 0 atom stereocenters. The number of nitrogens with zero attached hydrogens (tertiary/aromatic N) is 4. The second-order valence-corrected chi connectivity index (χ2v) is 5.66. The second kappa shape index (κ2) is 6.25. The average molecular weight is 395 g/mol. The summed E-state index contributed by atoms with van der Waals surface area (Å²) in [7, 11) is 0. The number of rotatable bonds is 5. The van der Waals surface area contributed by atoms with E-state index in [0.29, 0.717) is 17.9 Å². The first-order chi connectivity index (χ1) is 10.3. The van der Waals surface area contributed by atoms with E-state index in [2.05, 4.69) is 37.5 Å². The maximum Gasteiger partial charge on any atom is 0.165 e.